The van der Waals surface area contributed by atoms with Crippen LogP contribution in [0.2, 0.25) is 0 Å². The van der Waals surface area contributed by atoms with E-state index in [0.29, 0.717) is 10.7 Å². The molecule has 0 bridgehead atoms. The highest BCUT2D eigenvalue weighted by molar-refractivity contribution is 7.15. The van der Waals surface area contributed by atoms with E-state index in [1.54, 1.807) is 11.6 Å². The third-order valence-electron chi connectivity index (χ3n) is 4.38. The van der Waals surface area contributed by atoms with Crippen LogP contribution in [0.15, 0.2) is 88.1 Å². The number of benzene rings is 2. The van der Waals surface area contributed by atoms with Crippen molar-refractivity contribution in [3.63, 3.8) is 0 Å². The maximum absolute atomic E-state index is 12.6. The SMILES string of the molecule is COC(=O)C(N=C(c1ccccc1)c1ccccc1)c1cc(=O)n2ccsc2n1. The van der Waals surface area contributed by atoms with Gasteiger partial charge in [0, 0.05) is 28.8 Å². The molecule has 1 unspecified atom stereocenters. The van der Waals surface area contributed by atoms with Gasteiger partial charge in [-0.1, -0.05) is 60.7 Å². The molecule has 2 heterocycles. The number of esters is 1. The molecule has 0 fully saturated rings. The normalized spacial score (nSPS) is 11.8. The Morgan fingerprint density at radius 1 is 1.07 bits per heavy atom. The van der Waals surface area contributed by atoms with Gasteiger partial charge in [0.25, 0.3) is 5.56 Å². The Hall–Kier alpha value is -3.58. The molecule has 2 aromatic heterocycles. The van der Waals surface area contributed by atoms with E-state index >= 15 is 0 Å². The topological polar surface area (TPSA) is 73.0 Å². The molecule has 0 spiro atoms. The highest BCUT2D eigenvalue weighted by Gasteiger charge is 2.25. The van der Waals surface area contributed by atoms with Gasteiger partial charge in [0.2, 0.25) is 0 Å². The van der Waals surface area contributed by atoms with E-state index in [-0.39, 0.29) is 11.3 Å². The first-order valence-electron chi connectivity index (χ1n) is 8.90. The first-order chi connectivity index (χ1) is 14.2. The van der Waals surface area contributed by atoms with Crippen molar-refractivity contribution in [2.24, 2.45) is 4.99 Å². The van der Waals surface area contributed by atoms with Crippen molar-refractivity contribution >= 4 is 28.0 Å². The van der Waals surface area contributed by atoms with Crippen LogP contribution in [-0.4, -0.2) is 28.2 Å². The molecule has 0 N–H and O–H groups in total. The fourth-order valence-corrected chi connectivity index (χ4v) is 3.71. The van der Waals surface area contributed by atoms with E-state index in [0.717, 1.165) is 11.1 Å². The number of nitrogens with zero attached hydrogens (tertiary/aromatic N) is 3. The second kappa shape index (κ2) is 8.20. The second-order valence-electron chi connectivity index (χ2n) is 6.21. The Morgan fingerprint density at radius 3 is 2.28 bits per heavy atom. The summed E-state index contributed by atoms with van der Waals surface area (Å²) in [5, 5.41) is 1.77. The van der Waals surface area contributed by atoms with E-state index in [9.17, 15) is 9.59 Å². The summed E-state index contributed by atoms with van der Waals surface area (Å²) in [6.45, 7) is 0. The number of rotatable bonds is 5. The maximum Gasteiger partial charge on any atom is 0.336 e. The van der Waals surface area contributed by atoms with Crippen LogP contribution in [0.5, 0.6) is 0 Å². The first-order valence-corrected chi connectivity index (χ1v) is 9.78. The minimum atomic E-state index is -1.06. The van der Waals surface area contributed by atoms with Gasteiger partial charge in [-0.2, -0.15) is 0 Å². The van der Waals surface area contributed by atoms with Gasteiger partial charge in [0.05, 0.1) is 18.5 Å². The summed E-state index contributed by atoms with van der Waals surface area (Å²) in [6, 6.07) is 19.4. The molecule has 0 saturated heterocycles. The molecule has 1 atom stereocenters. The van der Waals surface area contributed by atoms with Crippen LogP contribution >= 0.6 is 11.3 Å². The molecule has 2 aromatic carbocycles. The van der Waals surface area contributed by atoms with Gasteiger partial charge < -0.3 is 4.74 Å². The molecule has 4 rings (SSSR count). The summed E-state index contributed by atoms with van der Waals surface area (Å²) < 4.78 is 6.41. The average molecular weight is 403 g/mol. The Bertz CT molecular complexity index is 1190. The van der Waals surface area contributed by atoms with Crippen LogP contribution in [0.4, 0.5) is 0 Å². The van der Waals surface area contributed by atoms with E-state index in [1.807, 2.05) is 60.7 Å². The lowest BCUT2D eigenvalue weighted by molar-refractivity contribution is -0.142. The first kappa shape index (κ1) is 18.8. The second-order valence-corrected chi connectivity index (χ2v) is 7.08. The van der Waals surface area contributed by atoms with E-state index in [1.165, 1.54) is 28.9 Å². The number of hydrogen-bond donors (Lipinski definition) is 0. The van der Waals surface area contributed by atoms with Crippen molar-refractivity contribution in [3.8, 4) is 0 Å². The molecule has 7 heteroatoms. The Balaban J connectivity index is 1.91. The predicted molar refractivity (Wildman–Crippen MR) is 113 cm³/mol. The van der Waals surface area contributed by atoms with Gasteiger partial charge in [-0.3, -0.25) is 14.2 Å². The summed E-state index contributed by atoms with van der Waals surface area (Å²) in [7, 11) is 1.30. The Kier molecular flexibility index (Phi) is 5.31. The molecule has 144 valence electrons. The van der Waals surface area contributed by atoms with E-state index < -0.39 is 12.0 Å². The van der Waals surface area contributed by atoms with Crippen LogP contribution in [0.3, 0.4) is 0 Å². The molecule has 4 aromatic rings. The number of fused-ring (bicyclic) bond motifs is 1. The summed E-state index contributed by atoms with van der Waals surface area (Å²) in [6.07, 6.45) is 1.65. The lowest BCUT2D eigenvalue weighted by Crippen LogP contribution is -2.21. The fourth-order valence-electron chi connectivity index (χ4n) is 2.99. The zero-order valence-electron chi connectivity index (χ0n) is 15.6. The summed E-state index contributed by atoms with van der Waals surface area (Å²) >= 11 is 1.32. The number of hydrogen-bond acceptors (Lipinski definition) is 6. The minimum absolute atomic E-state index is 0.258. The lowest BCUT2D eigenvalue weighted by atomic mass is 10.0. The Morgan fingerprint density at radius 2 is 1.69 bits per heavy atom. The van der Waals surface area contributed by atoms with Crippen LogP contribution in [-0.2, 0) is 9.53 Å². The molecule has 0 amide bonds. The fraction of sp³-hybridized carbons (Fsp3) is 0.0909. The van der Waals surface area contributed by atoms with Gasteiger partial charge in [-0.15, -0.1) is 11.3 Å². The summed E-state index contributed by atoms with van der Waals surface area (Å²) in [5.74, 6) is -0.581. The molecule has 6 nitrogen and oxygen atoms in total. The van der Waals surface area contributed by atoms with Crippen molar-refractivity contribution in [2.75, 3.05) is 7.11 Å². The average Bonchev–Trinajstić information content (AvgIpc) is 3.24. The summed E-state index contributed by atoms with van der Waals surface area (Å²) in [5.41, 5.74) is 2.31. The van der Waals surface area contributed by atoms with Crippen molar-refractivity contribution < 1.29 is 9.53 Å². The molecule has 0 saturated carbocycles. The molecule has 0 radical (unpaired) electrons. The van der Waals surface area contributed by atoms with E-state index in [4.69, 9.17) is 9.73 Å². The zero-order valence-corrected chi connectivity index (χ0v) is 16.4. The highest BCUT2D eigenvalue weighted by atomic mass is 32.1. The number of carbonyl (C=O) groups is 1. The molecular formula is C22H17N3O3S. The van der Waals surface area contributed by atoms with E-state index in [2.05, 4.69) is 4.98 Å². The Labute approximate surface area is 170 Å². The standard InChI is InChI=1S/C22H17N3O3S/c1-28-21(27)20(17-14-18(26)25-12-13-29-22(25)23-17)24-19(15-8-4-2-5-9-15)16-10-6-3-7-11-16/h2-14,20H,1H3. The van der Waals surface area contributed by atoms with Crippen molar-refractivity contribution in [3.05, 3.63) is 105 Å². The third kappa shape index (κ3) is 3.86. The van der Waals surface area contributed by atoms with Crippen LogP contribution < -0.4 is 5.56 Å². The van der Waals surface area contributed by atoms with Crippen molar-refractivity contribution in [1.29, 1.82) is 0 Å². The van der Waals surface area contributed by atoms with Crippen LogP contribution in [0.1, 0.15) is 22.9 Å². The number of thiazole rings is 1. The van der Waals surface area contributed by atoms with Gasteiger partial charge in [0.1, 0.15) is 0 Å². The number of methoxy groups -OCH3 is 1. The molecular weight excluding hydrogens is 386 g/mol. The largest absolute Gasteiger partial charge is 0.467 e. The molecule has 29 heavy (non-hydrogen) atoms. The van der Waals surface area contributed by atoms with Gasteiger partial charge >= 0.3 is 5.97 Å². The number of aliphatic imine (C=N–C) groups is 1. The molecule has 0 aliphatic rings. The maximum atomic E-state index is 12.6. The molecule has 0 aliphatic heterocycles. The highest BCUT2D eigenvalue weighted by Crippen LogP contribution is 2.22. The zero-order chi connectivity index (χ0) is 20.2. The quantitative estimate of drug-likeness (QED) is 0.378. The summed E-state index contributed by atoms with van der Waals surface area (Å²) in [4.78, 5) is 34.8. The monoisotopic (exact) mass is 403 g/mol. The smallest absolute Gasteiger partial charge is 0.336 e. The predicted octanol–water partition coefficient (Wildman–Crippen LogP) is 3.51. The van der Waals surface area contributed by atoms with Crippen molar-refractivity contribution in [1.82, 2.24) is 9.38 Å². The third-order valence-corrected chi connectivity index (χ3v) is 5.14. The van der Waals surface area contributed by atoms with Gasteiger partial charge in [0.15, 0.2) is 11.0 Å². The lowest BCUT2D eigenvalue weighted by Gasteiger charge is -2.14. The number of carbonyl (C=O) groups excluding carboxylic acids is 1. The number of ether oxygens (including phenoxy) is 1. The van der Waals surface area contributed by atoms with Gasteiger partial charge in [-0.05, 0) is 0 Å². The van der Waals surface area contributed by atoms with Crippen LogP contribution in [0.25, 0.3) is 4.96 Å². The van der Waals surface area contributed by atoms with Crippen molar-refractivity contribution in [2.45, 2.75) is 6.04 Å². The minimum Gasteiger partial charge on any atom is -0.467 e. The molecule has 0 aliphatic carbocycles. The number of aromatic nitrogens is 2. The van der Waals surface area contributed by atoms with Crippen LogP contribution in [0, 0.1) is 0 Å². The van der Waals surface area contributed by atoms with Gasteiger partial charge in [-0.25, -0.2) is 9.78 Å².